The largest absolute Gasteiger partial charge is 0.269 e. The summed E-state index contributed by atoms with van der Waals surface area (Å²) in [7, 11) is 0. The molecule has 0 atom stereocenters. The highest BCUT2D eigenvalue weighted by molar-refractivity contribution is 9.10. The molecular formula is C18H14BrNO2. The molecule has 2 amide bonds. The average molecular weight is 356 g/mol. The first-order valence-electron chi connectivity index (χ1n) is 7.37. The second kappa shape index (κ2) is 4.78. The molecule has 110 valence electrons. The summed E-state index contributed by atoms with van der Waals surface area (Å²) >= 11 is 3.44. The number of imide groups is 1. The summed E-state index contributed by atoms with van der Waals surface area (Å²) in [6.45, 7) is 0. The quantitative estimate of drug-likeness (QED) is 0.759. The van der Waals surface area contributed by atoms with Crippen LogP contribution in [0.1, 0.15) is 45.5 Å². The molecule has 1 fully saturated rings. The zero-order valence-electron chi connectivity index (χ0n) is 11.9. The van der Waals surface area contributed by atoms with Gasteiger partial charge in [-0.25, -0.2) is 0 Å². The first kappa shape index (κ1) is 13.7. The van der Waals surface area contributed by atoms with Gasteiger partial charge in [-0.3, -0.25) is 14.5 Å². The predicted octanol–water partition coefficient (Wildman–Crippen LogP) is 4.12. The Hall–Kier alpha value is -1.94. The molecule has 0 saturated heterocycles. The first-order valence-corrected chi connectivity index (χ1v) is 8.17. The molecule has 2 aromatic rings. The van der Waals surface area contributed by atoms with E-state index in [0.717, 1.165) is 29.3 Å². The number of carbonyl (C=O) groups excluding carboxylic acids is 2. The van der Waals surface area contributed by atoms with Crippen LogP contribution in [0, 0.1) is 0 Å². The van der Waals surface area contributed by atoms with Crippen molar-refractivity contribution in [2.24, 2.45) is 0 Å². The third kappa shape index (κ3) is 1.73. The number of rotatable bonds is 2. The molecule has 4 rings (SSSR count). The Bertz CT molecular complexity index is 743. The highest BCUT2D eigenvalue weighted by Crippen LogP contribution is 2.49. The molecule has 22 heavy (non-hydrogen) atoms. The van der Waals surface area contributed by atoms with Gasteiger partial charge in [-0.1, -0.05) is 40.2 Å². The summed E-state index contributed by atoms with van der Waals surface area (Å²) in [6.07, 6.45) is 2.70. The van der Waals surface area contributed by atoms with Gasteiger partial charge in [-0.2, -0.15) is 0 Å². The maximum absolute atomic E-state index is 12.8. The van der Waals surface area contributed by atoms with E-state index in [9.17, 15) is 9.59 Å². The zero-order chi connectivity index (χ0) is 15.3. The van der Waals surface area contributed by atoms with Gasteiger partial charge in [-0.05, 0) is 49.1 Å². The lowest BCUT2D eigenvalue weighted by molar-refractivity contribution is 0.0179. The number of hydrogen-bond donors (Lipinski definition) is 0. The second-order valence-corrected chi connectivity index (χ2v) is 6.80. The van der Waals surface area contributed by atoms with E-state index in [-0.39, 0.29) is 11.8 Å². The van der Waals surface area contributed by atoms with Crippen LogP contribution in [-0.4, -0.2) is 16.7 Å². The van der Waals surface area contributed by atoms with Crippen molar-refractivity contribution in [1.82, 2.24) is 4.90 Å². The molecule has 0 unspecified atom stereocenters. The lowest BCUT2D eigenvalue weighted by Gasteiger charge is -2.48. The van der Waals surface area contributed by atoms with E-state index in [1.807, 2.05) is 24.3 Å². The minimum atomic E-state index is -0.478. The Labute approximate surface area is 137 Å². The molecule has 2 aromatic carbocycles. The van der Waals surface area contributed by atoms with Gasteiger partial charge in [0.2, 0.25) is 0 Å². The van der Waals surface area contributed by atoms with E-state index < -0.39 is 5.54 Å². The number of hydrogen-bond acceptors (Lipinski definition) is 2. The van der Waals surface area contributed by atoms with E-state index in [2.05, 4.69) is 15.9 Å². The lowest BCUT2D eigenvalue weighted by Crippen LogP contribution is -2.53. The first-order chi connectivity index (χ1) is 10.6. The topological polar surface area (TPSA) is 37.4 Å². The third-order valence-electron chi connectivity index (χ3n) is 4.78. The SMILES string of the molecule is O=C1c2ccccc2C(=O)N1C1(c2ccc(Br)cc2)CCC1. The van der Waals surface area contributed by atoms with Gasteiger partial charge in [-0.15, -0.1) is 0 Å². The van der Waals surface area contributed by atoms with E-state index >= 15 is 0 Å². The molecule has 0 bridgehead atoms. The minimum absolute atomic E-state index is 0.164. The van der Waals surface area contributed by atoms with Gasteiger partial charge >= 0.3 is 0 Å². The standard InChI is InChI=1S/C18H14BrNO2/c19-13-8-6-12(7-9-13)18(10-3-11-18)20-16(21)14-4-1-2-5-15(14)17(20)22/h1-2,4-9H,3,10-11H2. The molecule has 0 N–H and O–H groups in total. The van der Waals surface area contributed by atoms with Crippen molar-refractivity contribution in [2.45, 2.75) is 24.8 Å². The number of fused-ring (bicyclic) bond motifs is 1. The van der Waals surface area contributed by atoms with Gasteiger partial charge in [0.15, 0.2) is 0 Å². The number of amides is 2. The van der Waals surface area contributed by atoms with Crippen LogP contribution in [0.15, 0.2) is 53.0 Å². The van der Waals surface area contributed by atoms with E-state index in [1.54, 1.807) is 24.3 Å². The molecule has 0 spiro atoms. The predicted molar refractivity (Wildman–Crippen MR) is 86.6 cm³/mol. The molecule has 1 aliphatic heterocycles. The fraction of sp³-hybridized carbons (Fsp3) is 0.222. The van der Waals surface area contributed by atoms with Crippen molar-refractivity contribution in [3.05, 3.63) is 69.7 Å². The maximum atomic E-state index is 12.8. The molecule has 1 heterocycles. The van der Waals surface area contributed by atoms with Gasteiger partial charge < -0.3 is 0 Å². The highest BCUT2D eigenvalue weighted by Gasteiger charge is 2.53. The molecular weight excluding hydrogens is 342 g/mol. The van der Waals surface area contributed by atoms with Crippen LogP contribution in [0.25, 0.3) is 0 Å². The fourth-order valence-electron chi connectivity index (χ4n) is 3.49. The summed E-state index contributed by atoms with van der Waals surface area (Å²) in [4.78, 5) is 27.1. The smallest absolute Gasteiger partial charge is 0.262 e. The normalized spacial score (nSPS) is 19.0. The molecule has 1 aliphatic carbocycles. The fourth-order valence-corrected chi connectivity index (χ4v) is 3.76. The van der Waals surface area contributed by atoms with Crippen LogP contribution in [0.2, 0.25) is 0 Å². The Morgan fingerprint density at radius 3 is 1.86 bits per heavy atom. The molecule has 0 aromatic heterocycles. The molecule has 3 nitrogen and oxygen atoms in total. The third-order valence-corrected chi connectivity index (χ3v) is 5.31. The number of halogens is 1. The van der Waals surface area contributed by atoms with Crippen LogP contribution in [0.4, 0.5) is 0 Å². The summed E-state index contributed by atoms with van der Waals surface area (Å²) in [5.74, 6) is -0.327. The zero-order valence-corrected chi connectivity index (χ0v) is 13.5. The Morgan fingerprint density at radius 1 is 0.864 bits per heavy atom. The molecule has 1 saturated carbocycles. The van der Waals surface area contributed by atoms with Gasteiger partial charge in [0, 0.05) is 4.47 Å². The molecule has 0 radical (unpaired) electrons. The van der Waals surface area contributed by atoms with Crippen LogP contribution >= 0.6 is 15.9 Å². The second-order valence-electron chi connectivity index (χ2n) is 5.88. The number of benzene rings is 2. The van der Waals surface area contributed by atoms with E-state index in [4.69, 9.17) is 0 Å². The number of nitrogens with zero attached hydrogens (tertiary/aromatic N) is 1. The Balaban J connectivity index is 1.82. The Kier molecular flexibility index (Phi) is 2.98. The van der Waals surface area contributed by atoms with Crippen molar-refractivity contribution in [2.75, 3.05) is 0 Å². The summed E-state index contributed by atoms with van der Waals surface area (Å²) in [5.41, 5.74) is 1.61. The molecule has 2 aliphatic rings. The number of carbonyl (C=O) groups is 2. The van der Waals surface area contributed by atoms with Crippen molar-refractivity contribution < 1.29 is 9.59 Å². The van der Waals surface area contributed by atoms with Crippen LogP contribution in [0.5, 0.6) is 0 Å². The van der Waals surface area contributed by atoms with Gasteiger partial charge in [0.25, 0.3) is 11.8 Å². The van der Waals surface area contributed by atoms with Crippen LogP contribution < -0.4 is 0 Å². The van der Waals surface area contributed by atoms with Gasteiger partial charge in [0.05, 0.1) is 16.7 Å². The lowest BCUT2D eigenvalue weighted by atomic mass is 9.70. The maximum Gasteiger partial charge on any atom is 0.262 e. The van der Waals surface area contributed by atoms with Crippen molar-refractivity contribution in [1.29, 1.82) is 0 Å². The highest BCUT2D eigenvalue weighted by atomic mass is 79.9. The van der Waals surface area contributed by atoms with E-state index in [1.165, 1.54) is 4.90 Å². The summed E-state index contributed by atoms with van der Waals surface area (Å²) in [5, 5.41) is 0. The minimum Gasteiger partial charge on any atom is -0.269 e. The monoisotopic (exact) mass is 355 g/mol. The van der Waals surface area contributed by atoms with Crippen molar-refractivity contribution in [3.63, 3.8) is 0 Å². The van der Waals surface area contributed by atoms with Crippen molar-refractivity contribution in [3.8, 4) is 0 Å². The summed E-state index contributed by atoms with van der Waals surface area (Å²) < 4.78 is 0.994. The van der Waals surface area contributed by atoms with Gasteiger partial charge in [0.1, 0.15) is 0 Å². The average Bonchev–Trinajstić information content (AvgIpc) is 2.74. The summed E-state index contributed by atoms with van der Waals surface area (Å²) in [6, 6.07) is 15.0. The van der Waals surface area contributed by atoms with Crippen molar-refractivity contribution >= 4 is 27.7 Å². The van der Waals surface area contributed by atoms with E-state index in [0.29, 0.717) is 11.1 Å². The van der Waals surface area contributed by atoms with Crippen LogP contribution in [-0.2, 0) is 5.54 Å². The van der Waals surface area contributed by atoms with Crippen LogP contribution in [0.3, 0.4) is 0 Å². The Morgan fingerprint density at radius 2 is 1.41 bits per heavy atom. The molecule has 4 heteroatoms.